The van der Waals surface area contributed by atoms with Gasteiger partial charge in [0.05, 0.1) is 27.1 Å². The smallest absolute Gasteiger partial charge is 0.416 e. The van der Waals surface area contributed by atoms with Gasteiger partial charge < -0.3 is 24.8 Å². The van der Waals surface area contributed by atoms with Gasteiger partial charge in [-0.05, 0) is 142 Å². The summed E-state index contributed by atoms with van der Waals surface area (Å²) in [7, 11) is -2.26. The Labute approximate surface area is 389 Å². The van der Waals surface area contributed by atoms with Crippen molar-refractivity contribution in [2.75, 3.05) is 75.4 Å². The number of anilines is 2. The number of piperidine rings is 1. The SMILES string of the molecule is Cc1cc(C(F)(F)F)ccc1C1=C(CN2CCN(c3ccc(C(=O)CS(=O)(=O)c4ccc(NCCC5CCN(C)CC5)c([N+](=O)[O-])c4)c(Oc4cnc5[nH]ccc5c4)c3)CC2)CCC(C)(C)C1. The van der Waals surface area contributed by atoms with Crippen molar-refractivity contribution in [2.24, 2.45) is 11.3 Å². The van der Waals surface area contributed by atoms with Crippen LogP contribution in [-0.4, -0.2) is 104 Å². The number of hydrogen-bond donors (Lipinski definition) is 2. The highest BCUT2D eigenvalue weighted by atomic mass is 32.2. The van der Waals surface area contributed by atoms with Crippen LogP contribution < -0.4 is 15.0 Å². The van der Waals surface area contributed by atoms with Gasteiger partial charge in [0, 0.05) is 68.7 Å². The number of fused-ring (bicyclic) bond motifs is 1. The van der Waals surface area contributed by atoms with E-state index >= 15 is 0 Å². The molecule has 2 N–H and O–H groups in total. The zero-order valence-electron chi connectivity index (χ0n) is 38.4. The van der Waals surface area contributed by atoms with Crippen LogP contribution in [0.25, 0.3) is 16.6 Å². The third-order valence-electron chi connectivity index (χ3n) is 13.6. The Morgan fingerprint density at radius 1 is 1.00 bits per heavy atom. The summed E-state index contributed by atoms with van der Waals surface area (Å²) in [5, 5.41) is 16.1. The van der Waals surface area contributed by atoms with E-state index in [2.05, 4.69) is 50.9 Å². The average Bonchev–Trinajstić information content (AvgIpc) is 3.75. The lowest BCUT2D eigenvalue weighted by atomic mass is 9.72. The molecule has 1 aliphatic carbocycles. The number of nitrogens with one attached hydrogen (secondary N) is 2. The highest BCUT2D eigenvalue weighted by Gasteiger charge is 2.34. The van der Waals surface area contributed by atoms with Crippen molar-refractivity contribution in [1.29, 1.82) is 0 Å². The number of likely N-dealkylation sites (tertiary alicyclic amines) is 1. The molecule has 67 heavy (non-hydrogen) atoms. The number of benzene rings is 3. The van der Waals surface area contributed by atoms with Crippen molar-refractivity contribution in [3.05, 3.63) is 117 Å². The summed E-state index contributed by atoms with van der Waals surface area (Å²) in [4.78, 5) is 39.6. The number of ether oxygens (including phenoxy) is 1. The highest BCUT2D eigenvalue weighted by Crippen LogP contribution is 2.45. The number of H-pyrrole nitrogens is 1. The number of rotatable bonds is 15. The normalized spacial score (nSPS) is 17.8. The maximum absolute atomic E-state index is 14.1. The molecule has 17 heteroatoms. The first-order valence-electron chi connectivity index (χ1n) is 22.9. The van der Waals surface area contributed by atoms with Gasteiger partial charge in [0.1, 0.15) is 28.6 Å². The molecular weight excluding hydrogens is 884 g/mol. The van der Waals surface area contributed by atoms with Gasteiger partial charge in [-0.1, -0.05) is 25.5 Å². The summed E-state index contributed by atoms with van der Waals surface area (Å²) >= 11 is 0. The number of allylic oxidation sites excluding steroid dienone is 1. The molecule has 356 valence electrons. The van der Waals surface area contributed by atoms with Crippen LogP contribution in [0, 0.1) is 28.4 Å². The lowest BCUT2D eigenvalue weighted by molar-refractivity contribution is -0.384. The molecule has 8 rings (SSSR count). The van der Waals surface area contributed by atoms with Gasteiger partial charge in [-0.15, -0.1) is 0 Å². The summed E-state index contributed by atoms with van der Waals surface area (Å²) in [6.07, 6.45) is 4.40. The van der Waals surface area contributed by atoms with E-state index in [-0.39, 0.29) is 33.0 Å². The van der Waals surface area contributed by atoms with Gasteiger partial charge in [-0.25, -0.2) is 13.4 Å². The first kappa shape index (κ1) is 47.7. The molecule has 0 atom stereocenters. The number of nitro groups is 1. The minimum Gasteiger partial charge on any atom is -0.455 e. The summed E-state index contributed by atoms with van der Waals surface area (Å²) in [5.74, 6) is -0.712. The second-order valence-electron chi connectivity index (χ2n) is 19.2. The largest absolute Gasteiger partial charge is 0.455 e. The number of sulfone groups is 1. The number of aryl methyl sites for hydroxylation is 1. The number of nitro benzene ring substituents is 1. The first-order chi connectivity index (χ1) is 31.8. The van der Waals surface area contributed by atoms with Crippen molar-refractivity contribution < 1.29 is 36.0 Å². The van der Waals surface area contributed by atoms with Crippen molar-refractivity contribution in [2.45, 2.75) is 70.4 Å². The number of halogens is 3. The zero-order valence-corrected chi connectivity index (χ0v) is 39.2. The molecule has 0 unspecified atom stereocenters. The number of nitrogens with zero attached hydrogens (tertiary/aromatic N) is 5. The molecule has 5 aromatic rings. The number of aromatic amines is 1. The average molecular weight is 942 g/mol. The molecule has 3 aromatic carbocycles. The predicted octanol–water partition coefficient (Wildman–Crippen LogP) is 10.2. The van der Waals surface area contributed by atoms with Crippen LogP contribution in [0.3, 0.4) is 0 Å². The maximum atomic E-state index is 14.1. The Balaban J connectivity index is 0.990. The van der Waals surface area contributed by atoms with Crippen molar-refractivity contribution in [3.63, 3.8) is 0 Å². The van der Waals surface area contributed by atoms with Crippen LogP contribution in [-0.2, 0) is 16.0 Å². The van der Waals surface area contributed by atoms with Crippen LogP contribution >= 0.6 is 0 Å². The van der Waals surface area contributed by atoms with E-state index in [9.17, 15) is 36.5 Å². The second kappa shape index (κ2) is 19.4. The van der Waals surface area contributed by atoms with Gasteiger partial charge >= 0.3 is 6.18 Å². The van der Waals surface area contributed by atoms with E-state index in [1.165, 1.54) is 36.0 Å². The lowest BCUT2D eigenvalue weighted by Gasteiger charge is -2.39. The first-order valence-corrected chi connectivity index (χ1v) is 24.6. The highest BCUT2D eigenvalue weighted by molar-refractivity contribution is 7.92. The number of carbonyl (C=O) groups is 1. The molecule has 0 saturated carbocycles. The van der Waals surface area contributed by atoms with E-state index in [4.69, 9.17) is 4.74 Å². The molecule has 4 heterocycles. The Morgan fingerprint density at radius 3 is 2.48 bits per heavy atom. The van der Waals surface area contributed by atoms with E-state index in [0.29, 0.717) is 62.1 Å². The molecule has 13 nitrogen and oxygen atoms in total. The minimum atomic E-state index is -4.41. The van der Waals surface area contributed by atoms with Crippen LogP contribution in [0.2, 0.25) is 0 Å². The molecule has 2 aliphatic heterocycles. The van der Waals surface area contributed by atoms with Gasteiger partial charge in [0.15, 0.2) is 15.6 Å². The summed E-state index contributed by atoms with van der Waals surface area (Å²) in [6, 6.07) is 16.4. The number of ketones is 1. The van der Waals surface area contributed by atoms with Gasteiger partial charge in [0.25, 0.3) is 5.69 Å². The number of aromatic nitrogens is 2. The van der Waals surface area contributed by atoms with Gasteiger partial charge in [0.2, 0.25) is 0 Å². The number of alkyl halides is 3. The van der Waals surface area contributed by atoms with Crippen molar-refractivity contribution in [3.8, 4) is 11.5 Å². The van der Waals surface area contributed by atoms with Crippen LogP contribution in [0.1, 0.15) is 79.4 Å². The van der Waals surface area contributed by atoms with Crippen molar-refractivity contribution >= 4 is 49.3 Å². The third-order valence-corrected chi connectivity index (χ3v) is 15.3. The fraction of sp³-hybridized carbons (Fsp3) is 0.440. The Hall–Kier alpha value is -5.78. The molecule has 2 saturated heterocycles. The lowest BCUT2D eigenvalue weighted by Crippen LogP contribution is -2.47. The van der Waals surface area contributed by atoms with E-state index in [0.717, 1.165) is 79.9 Å². The standard InChI is InChI=1S/C50H58F3N7O6S/c1-33-25-37(50(51,52)53)5-8-41(33)43-29-49(2,3)16-11-36(43)31-58-21-23-59(24-22-58)38-6-9-42(47(27-38)66-39-26-35-13-18-55-48(35)56-30-39)46(61)32-67(64,65)40-7-10-44(45(28-40)60(62)63)54-17-12-34-14-19-57(4)20-15-34/h5-10,13,18,25-28,30,34,54H,11-12,14-17,19-24,29,31-32H2,1-4H3,(H,55,56). The number of hydrogen-bond acceptors (Lipinski definition) is 11. The summed E-state index contributed by atoms with van der Waals surface area (Å²) in [5.41, 5.74) is 4.50. The van der Waals surface area contributed by atoms with Crippen molar-refractivity contribution in [1.82, 2.24) is 19.8 Å². The van der Waals surface area contributed by atoms with E-state index < -0.39 is 38.0 Å². The molecule has 2 fully saturated rings. The predicted molar refractivity (Wildman–Crippen MR) is 255 cm³/mol. The molecule has 3 aliphatic rings. The molecular formula is C50H58F3N7O6S. The fourth-order valence-electron chi connectivity index (χ4n) is 9.63. The van der Waals surface area contributed by atoms with E-state index in [1.807, 2.05) is 6.07 Å². The fourth-order valence-corrected chi connectivity index (χ4v) is 10.9. The molecule has 0 radical (unpaired) electrons. The van der Waals surface area contributed by atoms with Crippen LogP contribution in [0.4, 0.5) is 30.2 Å². The quantitative estimate of drug-likeness (QED) is 0.0586. The minimum absolute atomic E-state index is 0.0171. The molecule has 2 aromatic heterocycles. The Kier molecular flexibility index (Phi) is 13.8. The monoisotopic (exact) mass is 941 g/mol. The molecule has 0 bridgehead atoms. The number of piperazine rings is 1. The Morgan fingerprint density at radius 2 is 1.76 bits per heavy atom. The topological polar surface area (TPSA) is 154 Å². The zero-order chi connectivity index (χ0) is 47.7. The number of carbonyl (C=O) groups excluding carboxylic acids is 1. The Bertz CT molecular complexity index is 2790. The number of Topliss-reactive ketones (excluding diaryl/α,β-unsaturated/α-hetero) is 1. The van der Waals surface area contributed by atoms with Gasteiger partial charge in [-0.3, -0.25) is 19.8 Å². The van der Waals surface area contributed by atoms with E-state index in [1.54, 1.807) is 43.5 Å². The van der Waals surface area contributed by atoms with Crippen LogP contribution in [0.15, 0.2) is 89.6 Å². The van der Waals surface area contributed by atoms with Gasteiger partial charge in [-0.2, -0.15) is 13.2 Å². The summed E-state index contributed by atoms with van der Waals surface area (Å²) in [6.45, 7) is 12.1. The molecule has 0 amide bonds. The second-order valence-corrected chi connectivity index (χ2v) is 21.2. The summed E-state index contributed by atoms with van der Waals surface area (Å²) < 4.78 is 74.7. The molecule has 0 spiro atoms. The van der Waals surface area contributed by atoms with Crippen LogP contribution in [0.5, 0.6) is 11.5 Å². The third kappa shape index (κ3) is 11.3. The maximum Gasteiger partial charge on any atom is 0.416 e. The number of pyridine rings is 1.